The molecule has 1 heteroatoms. The molecular formula is C89H126O. The highest BCUT2D eigenvalue weighted by Crippen LogP contribution is 2.58. The molecule has 0 unspecified atom stereocenters. The second-order valence-electron chi connectivity index (χ2n) is 19.3. The van der Waals surface area contributed by atoms with E-state index in [2.05, 4.69) is 284 Å². The third kappa shape index (κ3) is 22.0. The zero-order chi connectivity index (χ0) is 68.2. The SMILES string of the molecule is CC.CC.CC.CC.CC.CC.CC.CC.CCCC.CCCC.CCCC.CCCO.c1ccc(C2(c3ccccc3)c3ccccc3-c3cc4ccccc4cc32)cc1.c1ccc(C2(c3ccccc3)c3ccccc3-c3cc4ccccc4cc32)cc1. The Morgan fingerprint density at radius 1 is 0.211 bits per heavy atom. The zero-order valence-corrected chi connectivity index (χ0v) is 61.2. The molecule has 10 aromatic carbocycles. The van der Waals surface area contributed by atoms with E-state index in [0.29, 0.717) is 6.61 Å². The van der Waals surface area contributed by atoms with Crippen molar-refractivity contribution >= 4 is 21.5 Å². The molecule has 0 aromatic heterocycles. The number of aliphatic hydroxyl groups excluding tert-OH is 1. The van der Waals surface area contributed by atoms with Crippen LogP contribution in [-0.4, -0.2) is 11.7 Å². The second-order valence-corrected chi connectivity index (χ2v) is 19.3. The van der Waals surface area contributed by atoms with Crippen LogP contribution in [0.2, 0.25) is 0 Å². The van der Waals surface area contributed by atoms with Crippen molar-refractivity contribution in [2.75, 3.05) is 6.61 Å². The molecule has 0 amide bonds. The molecule has 1 nitrogen and oxygen atoms in total. The summed E-state index contributed by atoms with van der Waals surface area (Å²) >= 11 is 0. The summed E-state index contributed by atoms with van der Waals surface area (Å²) in [5.41, 5.74) is 15.5. The number of unbranched alkanes of at least 4 members (excludes halogenated alkanes) is 3. The van der Waals surface area contributed by atoms with Crippen molar-refractivity contribution in [3.8, 4) is 22.3 Å². The Hall–Kier alpha value is -7.32. The molecule has 0 aliphatic heterocycles. The summed E-state index contributed by atoms with van der Waals surface area (Å²) in [4.78, 5) is 0. The lowest BCUT2D eigenvalue weighted by Crippen LogP contribution is -2.28. The summed E-state index contributed by atoms with van der Waals surface area (Å²) in [5, 5.41) is 13.0. The summed E-state index contributed by atoms with van der Waals surface area (Å²) in [6.07, 6.45) is 8.79. The van der Waals surface area contributed by atoms with Gasteiger partial charge in [0.1, 0.15) is 0 Å². The summed E-state index contributed by atoms with van der Waals surface area (Å²) < 4.78 is 0. The maximum absolute atomic E-state index is 7.88. The molecule has 0 fully saturated rings. The maximum Gasteiger partial charge on any atom is 0.0713 e. The standard InChI is InChI=1S/2C29H20.3C4H10.C3H8O.8C2H6/c2*1-3-13-23(14-4-1)29(24-15-5-2-6-16-24)27-18-10-9-17-25(27)26-19-21-11-7-8-12-22(21)20-28(26)29;3*1-3-4-2;1-2-3-4;8*1-2/h2*1-20H;3*3-4H2,1-2H3;4H,2-3H2,1H3;8*1-2H3. The van der Waals surface area contributed by atoms with Gasteiger partial charge < -0.3 is 5.11 Å². The van der Waals surface area contributed by atoms with E-state index in [1.54, 1.807) is 0 Å². The van der Waals surface area contributed by atoms with Crippen molar-refractivity contribution in [2.45, 2.75) is 215 Å². The highest BCUT2D eigenvalue weighted by Gasteiger charge is 2.47. The molecule has 0 bridgehead atoms. The van der Waals surface area contributed by atoms with Crippen molar-refractivity contribution < 1.29 is 5.11 Å². The van der Waals surface area contributed by atoms with Gasteiger partial charge in [0.2, 0.25) is 0 Å². The maximum atomic E-state index is 7.88. The van der Waals surface area contributed by atoms with E-state index < -0.39 is 0 Å². The van der Waals surface area contributed by atoms with Crippen LogP contribution in [0, 0.1) is 0 Å². The van der Waals surface area contributed by atoms with Gasteiger partial charge in [0.25, 0.3) is 0 Å². The molecule has 1 N–H and O–H groups in total. The number of hydrogen-bond acceptors (Lipinski definition) is 1. The van der Waals surface area contributed by atoms with Gasteiger partial charge in [-0.15, -0.1) is 0 Å². The molecule has 0 spiro atoms. The van der Waals surface area contributed by atoms with Gasteiger partial charge >= 0.3 is 0 Å². The van der Waals surface area contributed by atoms with Crippen LogP contribution in [0.5, 0.6) is 0 Å². The Kier molecular flexibility index (Phi) is 49.4. The van der Waals surface area contributed by atoms with Crippen LogP contribution in [0.4, 0.5) is 0 Å². The van der Waals surface area contributed by atoms with Crippen molar-refractivity contribution in [3.63, 3.8) is 0 Å². The fourth-order valence-electron chi connectivity index (χ4n) is 10.3. The Labute approximate surface area is 554 Å². The van der Waals surface area contributed by atoms with E-state index in [1.807, 2.05) is 118 Å². The Morgan fingerprint density at radius 2 is 0.400 bits per heavy atom. The van der Waals surface area contributed by atoms with Crippen LogP contribution >= 0.6 is 0 Å². The predicted octanol–water partition coefficient (Wildman–Crippen LogP) is 28.4. The van der Waals surface area contributed by atoms with Gasteiger partial charge in [-0.05, 0) is 119 Å². The number of rotatable bonds is 8. The second kappa shape index (κ2) is 52.5. The summed E-state index contributed by atoms with van der Waals surface area (Å²) in [5.74, 6) is 0. The van der Waals surface area contributed by atoms with Crippen molar-refractivity contribution in [1.82, 2.24) is 0 Å². The minimum absolute atomic E-state index is 0.307. The van der Waals surface area contributed by atoms with Crippen LogP contribution < -0.4 is 0 Å². The minimum Gasteiger partial charge on any atom is -0.396 e. The first-order valence-corrected chi connectivity index (χ1v) is 35.5. The van der Waals surface area contributed by atoms with Gasteiger partial charge in [-0.2, -0.15) is 0 Å². The molecule has 12 rings (SSSR count). The van der Waals surface area contributed by atoms with E-state index >= 15 is 0 Å². The Morgan fingerprint density at radius 3 is 0.611 bits per heavy atom. The average molecular weight is 1210 g/mol. The van der Waals surface area contributed by atoms with Gasteiger partial charge in [-0.1, -0.05) is 416 Å². The normalized spacial score (nSPS) is 10.8. The number of hydrogen-bond donors (Lipinski definition) is 1. The lowest BCUT2D eigenvalue weighted by molar-refractivity contribution is 0.295. The lowest BCUT2D eigenvalue weighted by atomic mass is 9.67. The molecule has 10 aromatic rings. The monoisotopic (exact) mass is 1210 g/mol. The molecule has 0 radical (unpaired) electrons. The van der Waals surface area contributed by atoms with Crippen LogP contribution in [0.15, 0.2) is 243 Å². The van der Waals surface area contributed by atoms with Gasteiger partial charge in [0.05, 0.1) is 10.8 Å². The summed E-state index contributed by atoms with van der Waals surface area (Å²) in [6.45, 7) is 47.3. The summed E-state index contributed by atoms with van der Waals surface area (Å²) in [6, 6.07) is 88.6. The van der Waals surface area contributed by atoms with Crippen LogP contribution in [0.1, 0.15) is 249 Å². The summed E-state index contributed by atoms with van der Waals surface area (Å²) in [7, 11) is 0. The molecule has 90 heavy (non-hydrogen) atoms. The molecule has 0 saturated heterocycles. The first-order chi connectivity index (χ1) is 44.4. The van der Waals surface area contributed by atoms with E-state index in [9.17, 15) is 0 Å². The van der Waals surface area contributed by atoms with E-state index in [-0.39, 0.29) is 10.8 Å². The van der Waals surface area contributed by atoms with E-state index in [0.717, 1.165) is 6.42 Å². The molecule has 488 valence electrons. The topological polar surface area (TPSA) is 20.2 Å². The molecular weight excluding hydrogens is 1080 g/mol. The molecule has 0 saturated carbocycles. The number of aliphatic hydroxyl groups is 1. The van der Waals surface area contributed by atoms with Gasteiger partial charge in [-0.25, -0.2) is 0 Å². The van der Waals surface area contributed by atoms with Crippen molar-refractivity contribution in [2.24, 2.45) is 0 Å². The lowest BCUT2D eigenvalue weighted by Gasteiger charge is -2.34. The average Bonchev–Trinajstić information content (AvgIpc) is 1.54. The minimum atomic E-state index is -0.307. The fourth-order valence-corrected chi connectivity index (χ4v) is 10.3. The van der Waals surface area contributed by atoms with E-state index in [1.165, 1.54) is 127 Å². The molecule has 2 aliphatic carbocycles. The van der Waals surface area contributed by atoms with Gasteiger partial charge in [0.15, 0.2) is 0 Å². The highest BCUT2D eigenvalue weighted by atomic mass is 16.2. The largest absolute Gasteiger partial charge is 0.396 e. The van der Waals surface area contributed by atoms with Crippen LogP contribution in [-0.2, 0) is 10.8 Å². The van der Waals surface area contributed by atoms with Crippen LogP contribution in [0.3, 0.4) is 0 Å². The first-order valence-electron chi connectivity index (χ1n) is 35.5. The van der Waals surface area contributed by atoms with Crippen LogP contribution in [0.25, 0.3) is 43.8 Å². The quantitative estimate of drug-likeness (QED) is 0.161. The van der Waals surface area contributed by atoms with Crippen molar-refractivity contribution in [1.29, 1.82) is 0 Å². The third-order valence-electron chi connectivity index (χ3n) is 14.4. The highest BCUT2D eigenvalue weighted by molar-refractivity contribution is 5.97. The first kappa shape index (κ1) is 84.7. The number of benzene rings is 10. The Balaban J connectivity index is 0. The smallest absolute Gasteiger partial charge is 0.0713 e. The molecule has 0 atom stereocenters. The predicted molar refractivity (Wildman–Crippen MR) is 412 cm³/mol. The third-order valence-corrected chi connectivity index (χ3v) is 14.4. The van der Waals surface area contributed by atoms with Gasteiger partial charge in [0, 0.05) is 6.61 Å². The zero-order valence-electron chi connectivity index (χ0n) is 61.2. The molecule has 2 aliphatic rings. The fraction of sp³-hybridized carbons (Fsp3) is 0.371. The number of fused-ring (bicyclic) bond motifs is 8. The Bertz CT molecular complexity index is 2930. The van der Waals surface area contributed by atoms with Crippen molar-refractivity contribution in [3.05, 3.63) is 287 Å². The van der Waals surface area contributed by atoms with E-state index in [4.69, 9.17) is 5.11 Å². The van der Waals surface area contributed by atoms with Gasteiger partial charge in [-0.3, -0.25) is 0 Å². The molecule has 0 heterocycles.